The van der Waals surface area contributed by atoms with Crippen molar-refractivity contribution in [1.29, 1.82) is 0 Å². The molecule has 20 heavy (non-hydrogen) atoms. The molecule has 1 aromatic carbocycles. The second-order valence-corrected chi connectivity index (χ2v) is 5.05. The molecule has 2 aromatic rings. The second-order valence-electron chi connectivity index (χ2n) is 4.20. The number of anilines is 1. The Morgan fingerprint density at radius 3 is 2.75 bits per heavy atom. The van der Waals surface area contributed by atoms with Crippen LogP contribution in [0.3, 0.4) is 0 Å². The molecule has 0 aliphatic heterocycles. The molecule has 0 radical (unpaired) electrons. The predicted octanol–water partition coefficient (Wildman–Crippen LogP) is 2.71. The Hall–Kier alpha value is -2.08. The molecular formula is C14H13BrN2O3. The summed E-state index contributed by atoms with van der Waals surface area (Å²) >= 11 is 3.33. The zero-order valence-electron chi connectivity index (χ0n) is 11.0. The maximum atomic E-state index is 12.0. The first kappa shape index (κ1) is 14.3. The van der Waals surface area contributed by atoms with Crippen LogP contribution in [0.5, 0.6) is 5.75 Å². The van der Waals surface area contributed by atoms with Crippen LogP contribution in [0.2, 0.25) is 0 Å². The molecule has 104 valence electrons. The van der Waals surface area contributed by atoms with Crippen molar-refractivity contribution in [3.63, 3.8) is 0 Å². The number of aryl methyl sites for hydroxylation is 1. The zero-order chi connectivity index (χ0) is 14.7. The summed E-state index contributed by atoms with van der Waals surface area (Å²) in [4.78, 5) is 26.6. The van der Waals surface area contributed by atoms with Gasteiger partial charge in [-0.15, -0.1) is 0 Å². The van der Waals surface area contributed by atoms with Crippen LogP contribution < -0.4 is 15.5 Å². The first-order chi connectivity index (χ1) is 9.51. The second kappa shape index (κ2) is 5.92. The summed E-state index contributed by atoms with van der Waals surface area (Å²) < 4.78 is 5.93. The van der Waals surface area contributed by atoms with E-state index in [0.717, 1.165) is 4.47 Å². The molecule has 0 aliphatic rings. The Kier molecular flexibility index (Phi) is 4.24. The van der Waals surface area contributed by atoms with E-state index in [-0.39, 0.29) is 11.0 Å². The maximum Gasteiger partial charge on any atom is 0.261 e. The number of hydrogen-bond acceptors (Lipinski definition) is 3. The van der Waals surface area contributed by atoms with Gasteiger partial charge >= 0.3 is 0 Å². The summed E-state index contributed by atoms with van der Waals surface area (Å²) in [6, 6.07) is 6.53. The lowest BCUT2D eigenvalue weighted by Crippen LogP contribution is -2.21. The van der Waals surface area contributed by atoms with E-state index in [0.29, 0.717) is 17.1 Å². The minimum atomic E-state index is -0.462. The van der Waals surface area contributed by atoms with Gasteiger partial charge in [0.2, 0.25) is 0 Å². The van der Waals surface area contributed by atoms with E-state index >= 15 is 0 Å². The topological polar surface area (TPSA) is 71.2 Å². The van der Waals surface area contributed by atoms with Gasteiger partial charge in [0.15, 0.2) is 5.43 Å². The molecule has 0 bridgehead atoms. The first-order valence-electron chi connectivity index (χ1n) is 5.85. The number of ether oxygens (including phenoxy) is 1. The summed E-state index contributed by atoms with van der Waals surface area (Å²) in [7, 11) is 1.54. The number of benzene rings is 1. The molecule has 1 aromatic heterocycles. The molecule has 0 aliphatic carbocycles. The molecule has 1 amide bonds. The van der Waals surface area contributed by atoms with Crippen molar-refractivity contribution >= 4 is 27.5 Å². The first-order valence-corrected chi connectivity index (χ1v) is 6.65. The van der Waals surface area contributed by atoms with Crippen LogP contribution in [0, 0.1) is 6.92 Å². The summed E-state index contributed by atoms with van der Waals surface area (Å²) in [5.41, 5.74) is 1.01. The van der Waals surface area contributed by atoms with Crippen molar-refractivity contribution < 1.29 is 9.53 Å². The SMILES string of the molecule is COc1cc(NC(=O)c2c[nH]c(C)cc2=O)ccc1Br. The number of halogens is 1. The van der Waals surface area contributed by atoms with E-state index in [1.54, 1.807) is 25.1 Å². The van der Waals surface area contributed by atoms with Crippen molar-refractivity contribution in [2.75, 3.05) is 12.4 Å². The number of aromatic amines is 1. The number of hydrogen-bond donors (Lipinski definition) is 2. The molecular weight excluding hydrogens is 324 g/mol. The van der Waals surface area contributed by atoms with Gasteiger partial charge in [-0.05, 0) is 35.0 Å². The van der Waals surface area contributed by atoms with E-state index in [2.05, 4.69) is 26.2 Å². The number of nitrogens with one attached hydrogen (secondary N) is 2. The highest BCUT2D eigenvalue weighted by atomic mass is 79.9. The van der Waals surface area contributed by atoms with Crippen molar-refractivity contribution in [3.05, 3.63) is 56.4 Å². The lowest BCUT2D eigenvalue weighted by Gasteiger charge is -2.08. The van der Waals surface area contributed by atoms with Crippen molar-refractivity contribution in [1.82, 2.24) is 4.98 Å². The number of methoxy groups -OCH3 is 1. The minimum Gasteiger partial charge on any atom is -0.495 e. The average molecular weight is 337 g/mol. The summed E-state index contributed by atoms with van der Waals surface area (Å²) in [5.74, 6) is 0.135. The Balaban J connectivity index is 2.25. The molecule has 2 N–H and O–H groups in total. The number of rotatable bonds is 3. The van der Waals surface area contributed by atoms with Crippen molar-refractivity contribution in [2.45, 2.75) is 6.92 Å². The van der Waals surface area contributed by atoms with Crippen molar-refractivity contribution in [2.24, 2.45) is 0 Å². The smallest absolute Gasteiger partial charge is 0.261 e. The lowest BCUT2D eigenvalue weighted by atomic mass is 10.2. The monoisotopic (exact) mass is 336 g/mol. The number of pyridine rings is 1. The van der Waals surface area contributed by atoms with E-state index in [1.807, 2.05) is 0 Å². The van der Waals surface area contributed by atoms with Gasteiger partial charge in [-0.1, -0.05) is 0 Å². The normalized spacial score (nSPS) is 10.2. The van der Waals surface area contributed by atoms with E-state index < -0.39 is 5.91 Å². The molecule has 0 atom stereocenters. The molecule has 2 rings (SSSR count). The standard InChI is InChI=1S/C14H13BrN2O3/c1-8-5-12(18)10(7-16-8)14(19)17-9-3-4-11(15)13(6-9)20-2/h3-7H,1-2H3,(H,16,18)(H,17,19). The molecule has 0 saturated heterocycles. The fourth-order valence-electron chi connectivity index (χ4n) is 1.69. The summed E-state index contributed by atoms with van der Waals surface area (Å²) in [6.45, 7) is 1.75. The highest BCUT2D eigenvalue weighted by Gasteiger charge is 2.11. The van der Waals surface area contributed by atoms with Gasteiger partial charge in [-0.25, -0.2) is 0 Å². The van der Waals surface area contributed by atoms with E-state index in [1.165, 1.54) is 19.4 Å². The van der Waals surface area contributed by atoms with Crippen LogP contribution in [-0.4, -0.2) is 18.0 Å². The van der Waals surface area contributed by atoms with Gasteiger partial charge in [0.1, 0.15) is 11.3 Å². The van der Waals surface area contributed by atoms with E-state index in [9.17, 15) is 9.59 Å². The Morgan fingerprint density at radius 2 is 2.10 bits per heavy atom. The van der Waals surface area contributed by atoms with Crippen LogP contribution in [0.4, 0.5) is 5.69 Å². The Bertz CT molecular complexity index is 710. The van der Waals surface area contributed by atoms with Gasteiger partial charge in [0.05, 0.1) is 11.6 Å². The Labute approximate surface area is 124 Å². The van der Waals surface area contributed by atoms with Crippen LogP contribution in [-0.2, 0) is 0 Å². The summed E-state index contributed by atoms with van der Waals surface area (Å²) in [5, 5.41) is 2.66. The van der Waals surface area contributed by atoms with Crippen LogP contribution in [0.15, 0.2) is 39.7 Å². The Morgan fingerprint density at radius 1 is 1.35 bits per heavy atom. The van der Waals surface area contributed by atoms with Gasteiger partial charge in [-0.3, -0.25) is 9.59 Å². The number of aromatic nitrogens is 1. The van der Waals surface area contributed by atoms with Crippen molar-refractivity contribution in [3.8, 4) is 5.75 Å². The van der Waals surface area contributed by atoms with Gasteiger partial charge in [0, 0.05) is 29.7 Å². The summed E-state index contributed by atoms with van der Waals surface area (Å²) in [6.07, 6.45) is 1.41. The molecule has 6 heteroatoms. The quantitative estimate of drug-likeness (QED) is 0.905. The number of carbonyl (C=O) groups excluding carboxylic acids is 1. The molecule has 1 heterocycles. The number of carbonyl (C=O) groups is 1. The minimum absolute atomic E-state index is 0.0671. The fourth-order valence-corrected chi connectivity index (χ4v) is 2.10. The molecule has 0 fully saturated rings. The largest absolute Gasteiger partial charge is 0.495 e. The highest BCUT2D eigenvalue weighted by molar-refractivity contribution is 9.10. The molecule has 0 unspecified atom stereocenters. The number of amides is 1. The van der Waals surface area contributed by atoms with Gasteiger partial charge in [0.25, 0.3) is 5.91 Å². The molecule has 5 nitrogen and oxygen atoms in total. The lowest BCUT2D eigenvalue weighted by molar-refractivity contribution is 0.102. The highest BCUT2D eigenvalue weighted by Crippen LogP contribution is 2.27. The van der Waals surface area contributed by atoms with Crippen LogP contribution in [0.1, 0.15) is 16.1 Å². The third-order valence-corrected chi connectivity index (χ3v) is 3.37. The zero-order valence-corrected chi connectivity index (χ0v) is 12.6. The van der Waals surface area contributed by atoms with Crippen LogP contribution in [0.25, 0.3) is 0 Å². The third-order valence-electron chi connectivity index (χ3n) is 2.71. The molecule has 0 spiro atoms. The third kappa shape index (κ3) is 3.08. The average Bonchev–Trinajstić information content (AvgIpc) is 2.40. The fraction of sp³-hybridized carbons (Fsp3) is 0.143. The van der Waals surface area contributed by atoms with Gasteiger partial charge < -0.3 is 15.0 Å². The maximum absolute atomic E-state index is 12.0. The van der Waals surface area contributed by atoms with Crippen LogP contribution >= 0.6 is 15.9 Å². The predicted molar refractivity (Wildman–Crippen MR) is 80.4 cm³/mol. The number of H-pyrrole nitrogens is 1. The van der Waals surface area contributed by atoms with Gasteiger partial charge in [-0.2, -0.15) is 0 Å². The van der Waals surface area contributed by atoms with E-state index in [4.69, 9.17) is 4.74 Å². The molecule has 0 saturated carbocycles.